The first kappa shape index (κ1) is 18.2. The van der Waals surface area contributed by atoms with Crippen LogP contribution in [0.25, 0.3) is 0 Å². The Morgan fingerprint density at radius 1 is 1.04 bits per heavy atom. The summed E-state index contributed by atoms with van der Waals surface area (Å²) < 4.78 is 1.86. The number of rotatable bonds is 9. The van der Waals surface area contributed by atoms with E-state index in [9.17, 15) is 9.59 Å². The summed E-state index contributed by atoms with van der Waals surface area (Å²) in [6.07, 6.45) is 1.68. The molecule has 132 valence electrons. The molecule has 2 aromatic rings. The lowest BCUT2D eigenvalue weighted by molar-refractivity contribution is 0.405. The molecule has 1 heterocycles. The van der Waals surface area contributed by atoms with E-state index in [0.717, 1.165) is 30.8 Å². The molecule has 1 aromatic carbocycles. The summed E-state index contributed by atoms with van der Waals surface area (Å²) in [5.74, 6) is 0. The fraction of sp³-hybridized carbons (Fsp3) is 0.588. The summed E-state index contributed by atoms with van der Waals surface area (Å²) >= 11 is 0. The third-order valence-corrected chi connectivity index (χ3v) is 4.33. The third-order valence-electron chi connectivity index (χ3n) is 4.33. The van der Waals surface area contributed by atoms with Gasteiger partial charge in [-0.05, 0) is 52.9 Å². The maximum Gasteiger partial charge on any atom is 0.253 e. The van der Waals surface area contributed by atoms with Crippen LogP contribution in [0.4, 0.5) is 11.4 Å². The maximum absolute atomic E-state index is 11.8. The van der Waals surface area contributed by atoms with Crippen molar-refractivity contribution < 1.29 is 0 Å². The van der Waals surface area contributed by atoms with Crippen molar-refractivity contribution in [3.63, 3.8) is 0 Å². The molecule has 0 spiro atoms. The third kappa shape index (κ3) is 3.84. The van der Waals surface area contributed by atoms with E-state index in [1.807, 2.05) is 39.7 Å². The van der Waals surface area contributed by atoms with Crippen LogP contribution in [0.1, 0.15) is 23.4 Å². The summed E-state index contributed by atoms with van der Waals surface area (Å²) in [7, 11) is 5.94. The highest BCUT2D eigenvalue weighted by atomic mass is 16.2. The molecule has 0 aliphatic heterocycles. The number of hydrogen-bond acceptors (Lipinski definition) is 6. The van der Waals surface area contributed by atoms with Gasteiger partial charge < -0.3 is 15.5 Å². The summed E-state index contributed by atoms with van der Waals surface area (Å²) in [6, 6.07) is 0. The Bertz CT molecular complexity index is 769. The molecule has 0 amide bonds. The molecule has 0 radical (unpaired) electrons. The predicted molar refractivity (Wildman–Crippen MR) is 97.9 cm³/mol. The molecule has 24 heavy (non-hydrogen) atoms. The van der Waals surface area contributed by atoms with Crippen LogP contribution in [0.2, 0.25) is 0 Å². The van der Waals surface area contributed by atoms with Crippen LogP contribution in [-0.2, 0) is 13.5 Å². The highest BCUT2D eigenvalue weighted by Crippen LogP contribution is 2.16. The molecule has 0 saturated heterocycles. The Labute approximate surface area is 142 Å². The zero-order chi connectivity index (χ0) is 17.9. The topological polar surface area (TPSA) is 79.3 Å². The Balaban J connectivity index is 1.90. The van der Waals surface area contributed by atoms with Gasteiger partial charge >= 0.3 is 0 Å². The lowest BCUT2D eigenvalue weighted by Crippen LogP contribution is -2.38. The van der Waals surface area contributed by atoms with Gasteiger partial charge in [-0.25, -0.2) is 0 Å². The van der Waals surface area contributed by atoms with Gasteiger partial charge in [0.1, 0.15) is 11.4 Å². The molecule has 1 aromatic heterocycles. The highest BCUT2D eigenvalue weighted by Gasteiger charge is 2.20. The van der Waals surface area contributed by atoms with Crippen LogP contribution in [0.5, 0.6) is 0 Å². The fourth-order valence-electron chi connectivity index (χ4n) is 2.83. The van der Waals surface area contributed by atoms with E-state index in [2.05, 4.69) is 20.6 Å². The van der Waals surface area contributed by atoms with E-state index in [0.29, 0.717) is 24.5 Å². The van der Waals surface area contributed by atoms with Gasteiger partial charge in [0.05, 0.1) is 5.69 Å². The normalized spacial score (nSPS) is 11.4. The van der Waals surface area contributed by atoms with Gasteiger partial charge in [-0.1, -0.05) is 0 Å². The van der Waals surface area contributed by atoms with Crippen LogP contribution in [0, 0.1) is 13.8 Å². The van der Waals surface area contributed by atoms with Crippen molar-refractivity contribution in [3.8, 4) is 0 Å². The van der Waals surface area contributed by atoms with Crippen LogP contribution in [-0.4, -0.2) is 48.4 Å². The Morgan fingerprint density at radius 3 is 2.12 bits per heavy atom. The van der Waals surface area contributed by atoms with E-state index in [1.54, 1.807) is 0 Å². The minimum absolute atomic E-state index is 0.420. The van der Waals surface area contributed by atoms with Gasteiger partial charge in [0.15, 0.2) is 0 Å². The quantitative estimate of drug-likeness (QED) is 0.518. The second kappa shape index (κ2) is 7.61. The first-order valence-electron chi connectivity index (χ1n) is 8.27. The van der Waals surface area contributed by atoms with Crippen molar-refractivity contribution >= 4 is 11.4 Å². The lowest BCUT2D eigenvalue weighted by Gasteiger charge is -2.16. The largest absolute Gasteiger partial charge is 0.380 e. The van der Waals surface area contributed by atoms with Gasteiger partial charge in [-0.15, -0.1) is 0 Å². The first-order valence-corrected chi connectivity index (χ1v) is 8.27. The zero-order valence-electron chi connectivity index (χ0n) is 15.2. The van der Waals surface area contributed by atoms with Crippen molar-refractivity contribution in [2.24, 2.45) is 7.05 Å². The number of anilines is 2. The monoisotopic (exact) mass is 333 g/mol. The average Bonchev–Trinajstić information content (AvgIpc) is 2.77. The zero-order valence-corrected chi connectivity index (χ0v) is 15.2. The predicted octanol–water partition coefficient (Wildman–Crippen LogP) is 0.651. The minimum atomic E-state index is -0.426. The van der Waals surface area contributed by atoms with Gasteiger partial charge in [0, 0.05) is 25.8 Å². The second-order valence-electron chi connectivity index (χ2n) is 6.44. The summed E-state index contributed by atoms with van der Waals surface area (Å²) in [4.78, 5) is 25.6. The van der Waals surface area contributed by atoms with Crippen LogP contribution in [0.15, 0.2) is 9.59 Å². The minimum Gasteiger partial charge on any atom is -0.380 e. The molecular formula is C17H27N5O2. The standard InChI is InChI=1S/C17H27N5O2/c1-11-13(12(2)22(5)20-11)7-9-19-15-14(16(23)17(15)24)18-8-6-10-21(3)4/h18-19H,6-10H2,1-5H3. The molecule has 0 aliphatic carbocycles. The second-order valence-corrected chi connectivity index (χ2v) is 6.44. The lowest BCUT2D eigenvalue weighted by atomic mass is 10.1. The number of hydrogen-bond donors (Lipinski definition) is 2. The molecule has 2 rings (SSSR count). The van der Waals surface area contributed by atoms with E-state index in [-0.39, 0.29) is 0 Å². The molecule has 0 atom stereocenters. The summed E-state index contributed by atoms with van der Waals surface area (Å²) in [5, 5.41) is 10.6. The maximum atomic E-state index is 11.8. The molecule has 0 bridgehead atoms. The average molecular weight is 333 g/mol. The van der Waals surface area contributed by atoms with E-state index < -0.39 is 10.9 Å². The SMILES string of the molecule is Cc1nn(C)c(C)c1CCNc1c(NCCCN(C)C)c(=O)c1=O. The van der Waals surface area contributed by atoms with Crippen molar-refractivity contribution in [3.05, 3.63) is 37.4 Å². The Hall–Kier alpha value is -2.15. The molecule has 0 fully saturated rings. The van der Waals surface area contributed by atoms with Crippen molar-refractivity contribution in [1.82, 2.24) is 14.7 Å². The molecule has 7 nitrogen and oxygen atoms in total. The van der Waals surface area contributed by atoms with E-state index in [4.69, 9.17) is 0 Å². The first-order chi connectivity index (χ1) is 11.3. The van der Waals surface area contributed by atoms with Crippen molar-refractivity contribution in [2.75, 3.05) is 44.4 Å². The van der Waals surface area contributed by atoms with Crippen LogP contribution >= 0.6 is 0 Å². The van der Waals surface area contributed by atoms with Crippen molar-refractivity contribution in [2.45, 2.75) is 26.7 Å². The summed E-state index contributed by atoms with van der Waals surface area (Å²) in [6.45, 7) is 6.23. The van der Waals surface area contributed by atoms with Gasteiger partial charge in [0.2, 0.25) is 0 Å². The number of nitrogens with zero attached hydrogens (tertiary/aromatic N) is 3. The molecule has 0 saturated carbocycles. The van der Waals surface area contributed by atoms with E-state index >= 15 is 0 Å². The van der Waals surface area contributed by atoms with Gasteiger partial charge in [0.25, 0.3) is 10.9 Å². The Morgan fingerprint density at radius 2 is 1.62 bits per heavy atom. The molecule has 7 heteroatoms. The van der Waals surface area contributed by atoms with E-state index in [1.165, 1.54) is 5.56 Å². The van der Waals surface area contributed by atoms with Crippen molar-refractivity contribution in [1.29, 1.82) is 0 Å². The molecule has 0 unspecified atom stereocenters. The smallest absolute Gasteiger partial charge is 0.253 e. The fourth-order valence-corrected chi connectivity index (χ4v) is 2.83. The number of aryl methyl sites for hydroxylation is 2. The highest BCUT2D eigenvalue weighted by molar-refractivity contribution is 5.73. The number of nitrogens with one attached hydrogen (secondary N) is 2. The molecule has 0 aliphatic rings. The van der Waals surface area contributed by atoms with Crippen LogP contribution < -0.4 is 21.5 Å². The Kier molecular flexibility index (Phi) is 5.77. The van der Waals surface area contributed by atoms with Gasteiger partial charge in [-0.2, -0.15) is 5.10 Å². The molecular weight excluding hydrogens is 306 g/mol. The molecule has 2 N–H and O–H groups in total. The van der Waals surface area contributed by atoms with Gasteiger partial charge in [-0.3, -0.25) is 14.3 Å². The van der Waals surface area contributed by atoms with Crippen LogP contribution in [0.3, 0.4) is 0 Å². The number of aromatic nitrogens is 2. The summed E-state index contributed by atoms with van der Waals surface area (Å²) in [5.41, 5.74) is 3.32.